The van der Waals surface area contributed by atoms with E-state index in [-0.39, 0.29) is 12.4 Å². The molecule has 0 aliphatic heterocycles. The molecule has 0 fully saturated rings. The fraction of sp³-hybridized carbons (Fsp3) is 0.333. The third-order valence-electron chi connectivity index (χ3n) is 2.17. The SMILES string of the molecule is COC(=O)CCNc1cc(C)ccc1C#N. The van der Waals surface area contributed by atoms with Crippen LogP contribution in [0.3, 0.4) is 0 Å². The molecule has 16 heavy (non-hydrogen) atoms. The van der Waals surface area contributed by atoms with Gasteiger partial charge in [-0.2, -0.15) is 5.26 Å². The molecule has 0 saturated carbocycles. The van der Waals surface area contributed by atoms with Gasteiger partial charge >= 0.3 is 5.97 Å². The number of methoxy groups -OCH3 is 1. The van der Waals surface area contributed by atoms with Crippen LogP contribution in [0.2, 0.25) is 0 Å². The molecule has 0 bridgehead atoms. The summed E-state index contributed by atoms with van der Waals surface area (Å²) in [6.45, 7) is 2.41. The summed E-state index contributed by atoms with van der Waals surface area (Å²) in [5.41, 5.74) is 2.40. The Kier molecular flexibility index (Phi) is 4.34. The van der Waals surface area contributed by atoms with Crippen LogP contribution in [0, 0.1) is 18.3 Å². The van der Waals surface area contributed by atoms with Gasteiger partial charge in [-0.3, -0.25) is 4.79 Å². The van der Waals surface area contributed by atoms with Crippen molar-refractivity contribution in [1.29, 1.82) is 5.26 Å². The number of nitrogens with one attached hydrogen (secondary N) is 1. The molecule has 1 aromatic rings. The molecule has 0 radical (unpaired) electrons. The molecule has 4 nitrogen and oxygen atoms in total. The standard InChI is InChI=1S/C12H14N2O2/c1-9-3-4-10(8-13)11(7-9)14-6-5-12(15)16-2/h3-4,7,14H,5-6H2,1-2H3. The second-order valence-electron chi connectivity index (χ2n) is 3.41. The molecule has 4 heteroatoms. The number of hydrogen-bond acceptors (Lipinski definition) is 4. The van der Waals surface area contributed by atoms with E-state index in [4.69, 9.17) is 5.26 Å². The van der Waals surface area contributed by atoms with Gasteiger partial charge in [-0.15, -0.1) is 0 Å². The van der Waals surface area contributed by atoms with Crippen molar-refractivity contribution in [2.45, 2.75) is 13.3 Å². The first-order valence-electron chi connectivity index (χ1n) is 4.99. The monoisotopic (exact) mass is 218 g/mol. The number of aryl methyl sites for hydroxylation is 1. The molecule has 1 aromatic carbocycles. The highest BCUT2D eigenvalue weighted by Gasteiger charge is 2.03. The summed E-state index contributed by atoms with van der Waals surface area (Å²) in [7, 11) is 1.36. The van der Waals surface area contributed by atoms with Gasteiger partial charge in [0.25, 0.3) is 0 Å². The van der Waals surface area contributed by atoms with Crippen LogP contribution in [0.15, 0.2) is 18.2 Å². The van der Waals surface area contributed by atoms with Crippen molar-refractivity contribution in [3.63, 3.8) is 0 Å². The third kappa shape index (κ3) is 3.28. The molecule has 0 aromatic heterocycles. The Morgan fingerprint density at radius 2 is 2.31 bits per heavy atom. The van der Waals surface area contributed by atoms with E-state index in [2.05, 4.69) is 16.1 Å². The molecule has 1 rings (SSSR count). The minimum absolute atomic E-state index is 0.265. The lowest BCUT2D eigenvalue weighted by molar-refractivity contribution is -0.140. The first-order valence-corrected chi connectivity index (χ1v) is 4.99. The van der Waals surface area contributed by atoms with Gasteiger partial charge in [0.05, 0.1) is 24.8 Å². The van der Waals surface area contributed by atoms with Crippen LogP contribution in [0.1, 0.15) is 17.5 Å². The van der Waals surface area contributed by atoms with E-state index in [0.29, 0.717) is 12.1 Å². The zero-order chi connectivity index (χ0) is 12.0. The normalized spacial score (nSPS) is 9.31. The van der Waals surface area contributed by atoms with E-state index in [0.717, 1.165) is 11.3 Å². The molecule has 0 atom stereocenters. The van der Waals surface area contributed by atoms with Gasteiger partial charge in [-0.25, -0.2) is 0 Å². The van der Waals surface area contributed by atoms with Crippen LogP contribution in [-0.4, -0.2) is 19.6 Å². The van der Waals surface area contributed by atoms with Gasteiger partial charge in [-0.05, 0) is 24.6 Å². The molecule has 0 aliphatic rings. The van der Waals surface area contributed by atoms with Crippen LogP contribution >= 0.6 is 0 Å². The second-order valence-corrected chi connectivity index (χ2v) is 3.41. The van der Waals surface area contributed by atoms with Crippen molar-refractivity contribution >= 4 is 11.7 Å². The van der Waals surface area contributed by atoms with Gasteiger partial charge in [0.1, 0.15) is 6.07 Å². The molecule has 0 saturated heterocycles. The van der Waals surface area contributed by atoms with E-state index >= 15 is 0 Å². The average Bonchev–Trinajstić information content (AvgIpc) is 2.29. The summed E-state index contributed by atoms with van der Waals surface area (Å²) in [5, 5.41) is 11.9. The third-order valence-corrected chi connectivity index (χ3v) is 2.17. The Labute approximate surface area is 94.8 Å². The maximum Gasteiger partial charge on any atom is 0.307 e. The van der Waals surface area contributed by atoms with Crippen molar-refractivity contribution in [2.24, 2.45) is 0 Å². The molecule has 0 aliphatic carbocycles. The number of nitriles is 1. The predicted molar refractivity (Wildman–Crippen MR) is 61.0 cm³/mol. The Balaban J connectivity index is 2.63. The lowest BCUT2D eigenvalue weighted by Gasteiger charge is -2.08. The van der Waals surface area contributed by atoms with E-state index in [1.54, 1.807) is 6.07 Å². The minimum Gasteiger partial charge on any atom is -0.469 e. The molecule has 0 amide bonds. The molecule has 1 N–H and O–H groups in total. The van der Waals surface area contributed by atoms with E-state index in [9.17, 15) is 4.79 Å². The molecule has 0 heterocycles. The average molecular weight is 218 g/mol. The van der Waals surface area contributed by atoms with Crippen LogP contribution in [0.4, 0.5) is 5.69 Å². The van der Waals surface area contributed by atoms with Crippen LogP contribution in [0.25, 0.3) is 0 Å². The highest BCUT2D eigenvalue weighted by molar-refractivity contribution is 5.70. The van der Waals surface area contributed by atoms with Crippen LogP contribution in [0.5, 0.6) is 0 Å². The Morgan fingerprint density at radius 1 is 1.56 bits per heavy atom. The van der Waals surface area contributed by atoms with Crippen molar-refractivity contribution in [1.82, 2.24) is 0 Å². The Morgan fingerprint density at radius 3 is 2.94 bits per heavy atom. The maximum absolute atomic E-state index is 10.9. The lowest BCUT2D eigenvalue weighted by Crippen LogP contribution is -2.10. The number of hydrogen-bond donors (Lipinski definition) is 1. The highest BCUT2D eigenvalue weighted by atomic mass is 16.5. The number of ether oxygens (including phenoxy) is 1. The zero-order valence-corrected chi connectivity index (χ0v) is 9.41. The summed E-state index contributed by atoms with van der Waals surface area (Å²) >= 11 is 0. The van der Waals surface area contributed by atoms with E-state index in [1.165, 1.54) is 7.11 Å². The number of rotatable bonds is 4. The molecular weight excluding hydrogens is 204 g/mol. The number of anilines is 1. The number of carbonyl (C=O) groups is 1. The summed E-state index contributed by atoms with van der Waals surface area (Å²) in [6.07, 6.45) is 0.287. The topological polar surface area (TPSA) is 62.1 Å². The van der Waals surface area contributed by atoms with Crippen molar-refractivity contribution in [3.05, 3.63) is 29.3 Å². The number of benzene rings is 1. The predicted octanol–water partition coefficient (Wildman–Crippen LogP) is 1.84. The number of nitrogens with zero attached hydrogens (tertiary/aromatic N) is 1. The summed E-state index contributed by atoms with van der Waals surface area (Å²) in [6, 6.07) is 7.62. The maximum atomic E-state index is 10.9. The van der Waals surface area contributed by atoms with E-state index in [1.807, 2.05) is 19.1 Å². The summed E-state index contributed by atoms with van der Waals surface area (Å²) < 4.78 is 4.52. The zero-order valence-electron chi connectivity index (χ0n) is 9.41. The molecule has 84 valence electrons. The van der Waals surface area contributed by atoms with Gasteiger partial charge in [0.2, 0.25) is 0 Å². The van der Waals surface area contributed by atoms with Gasteiger partial charge in [0, 0.05) is 6.54 Å². The summed E-state index contributed by atoms with van der Waals surface area (Å²) in [5.74, 6) is -0.265. The highest BCUT2D eigenvalue weighted by Crippen LogP contribution is 2.16. The summed E-state index contributed by atoms with van der Waals surface area (Å²) in [4.78, 5) is 10.9. The first kappa shape index (κ1) is 12.1. The lowest BCUT2D eigenvalue weighted by atomic mass is 10.1. The molecule has 0 spiro atoms. The van der Waals surface area contributed by atoms with Gasteiger partial charge < -0.3 is 10.1 Å². The first-order chi connectivity index (χ1) is 7.67. The Bertz CT molecular complexity index is 422. The second kappa shape index (κ2) is 5.76. The Hall–Kier alpha value is -2.02. The van der Waals surface area contributed by atoms with Gasteiger partial charge in [0.15, 0.2) is 0 Å². The van der Waals surface area contributed by atoms with E-state index < -0.39 is 0 Å². The smallest absolute Gasteiger partial charge is 0.307 e. The van der Waals surface area contributed by atoms with Crippen LogP contribution in [-0.2, 0) is 9.53 Å². The molecule has 0 unspecified atom stereocenters. The number of carbonyl (C=O) groups excluding carboxylic acids is 1. The minimum atomic E-state index is -0.265. The van der Waals surface area contributed by atoms with Crippen LogP contribution < -0.4 is 5.32 Å². The van der Waals surface area contributed by atoms with Crippen molar-refractivity contribution < 1.29 is 9.53 Å². The number of esters is 1. The fourth-order valence-electron chi connectivity index (χ4n) is 1.30. The fourth-order valence-corrected chi connectivity index (χ4v) is 1.30. The van der Waals surface area contributed by atoms with Gasteiger partial charge in [-0.1, -0.05) is 6.07 Å². The van der Waals surface area contributed by atoms with Crippen molar-refractivity contribution in [3.8, 4) is 6.07 Å². The largest absolute Gasteiger partial charge is 0.469 e. The molecular formula is C12H14N2O2. The van der Waals surface area contributed by atoms with Crippen molar-refractivity contribution in [2.75, 3.05) is 19.0 Å². The quantitative estimate of drug-likeness (QED) is 0.783.